The van der Waals surface area contributed by atoms with Gasteiger partial charge in [0.1, 0.15) is 18.8 Å². The van der Waals surface area contributed by atoms with E-state index in [1.807, 2.05) is 11.4 Å². The van der Waals surface area contributed by atoms with E-state index in [1.54, 1.807) is 23.1 Å². The van der Waals surface area contributed by atoms with E-state index in [9.17, 15) is 9.59 Å². The molecule has 1 aromatic carbocycles. The monoisotopic (exact) mass is 398 g/mol. The number of fused-ring (bicyclic) bond motifs is 1. The maximum Gasteiger partial charge on any atom is 0.261 e. The highest BCUT2D eigenvalue weighted by molar-refractivity contribution is 7.13. The number of para-hydroxylation sites is 1. The first-order valence-electron chi connectivity index (χ1n) is 9.60. The van der Waals surface area contributed by atoms with Crippen LogP contribution < -0.4 is 15.8 Å². The third kappa shape index (κ3) is 4.28. The quantitative estimate of drug-likeness (QED) is 0.679. The minimum absolute atomic E-state index is 0.0825. The molecule has 3 aromatic rings. The summed E-state index contributed by atoms with van der Waals surface area (Å²) in [6, 6.07) is 7.12. The second-order valence-electron chi connectivity index (χ2n) is 7.50. The van der Waals surface area contributed by atoms with E-state index in [0.717, 1.165) is 18.2 Å². The first-order valence-corrected chi connectivity index (χ1v) is 10.5. The molecule has 4 rings (SSSR count). The van der Waals surface area contributed by atoms with E-state index in [-0.39, 0.29) is 18.0 Å². The lowest BCUT2D eigenvalue weighted by Crippen LogP contribution is -3.11. The molecule has 8 heteroatoms. The highest BCUT2D eigenvalue weighted by Gasteiger charge is 2.20. The van der Waals surface area contributed by atoms with Crippen LogP contribution in [0.1, 0.15) is 25.5 Å². The van der Waals surface area contributed by atoms with Crippen molar-refractivity contribution in [3.63, 3.8) is 0 Å². The summed E-state index contributed by atoms with van der Waals surface area (Å²) < 4.78 is 1.32. The number of nitrogens with one attached hydrogen (secondary N) is 2. The van der Waals surface area contributed by atoms with Crippen LogP contribution >= 0.6 is 11.3 Å². The number of hydrogen-bond acceptors (Lipinski definition) is 5. The summed E-state index contributed by atoms with van der Waals surface area (Å²) >= 11 is 1.42. The van der Waals surface area contributed by atoms with Crippen LogP contribution in [0.15, 0.2) is 40.8 Å². The van der Waals surface area contributed by atoms with Gasteiger partial charge in [-0.3, -0.25) is 14.2 Å². The average Bonchev–Trinajstić information content (AvgIpc) is 3.13. The van der Waals surface area contributed by atoms with E-state index in [4.69, 9.17) is 0 Å². The Labute approximate surface area is 167 Å². The first-order chi connectivity index (χ1) is 13.6. The fraction of sp³-hybridized carbons (Fsp3) is 0.400. The standard InChI is InChI=1S/C20H23N5O2S/c1-14-6-8-24(9-7-14)10-15-12-28-20(22-15)23-18(26)11-25-13-21-17-5-3-2-4-16(17)19(25)27/h2-5,12-14H,6-11H2,1H3,(H,22,23,26)/p+1. The summed E-state index contributed by atoms with van der Waals surface area (Å²) in [4.78, 5) is 35.2. The molecule has 1 aliphatic rings. The van der Waals surface area contributed by atoms with Crippen LogP contribution in [-0.2, 0) is 17.9 Å². The zero-order valence-electron chi connectivity index (χ0n) is 15.9. The topological polar surface area (TPSA) is 81.3 Å². The maximum absolute atomic E-state index is 12.5. The van der Waals surface area contributed by atoms with Gasteiger partial charge in [-0.2, -0.15) is 0 Å². The van der Waals surface area contributed by atoms with Gasteiger partial charge in [-0.25, -0.2) is 9.97 Å². The predicted molar refractivity (Wildman–Crippen MR) is 110 cm³/mol. The van der Waals surface area contributed by atoms with Gasteiger partial charge in [0.05, 0.1) is 30.3 Å². The molecule has 0 unspecified atom stereocenters. The number of thiazole rings is 1. The second-order valence-corrected chi connectivity index (χ2v) is 8.35. The molecule has 3 heterocycles. The van der Waals surface area contributed by atoms with Crippen molar-refractivity contribution in [3.05, 3.63) is 52.0 Å². The molecule has 28 heavy (non-hydrogen) atoms. The van der Waals surface area contributed by atoms with Crippen LogP contribution in [0.4, 0.5) is 5.13 Å². The number of amides is 1. The Balaban J connectivity index is 1.37. The number of quaternary nitrogens is 1. The summed E-state index contributed by atoms with van der Waals surface area (Å²) in [5.41, 5.74) is 1.42. The summed E-state index contributed by atoms with van der Waals surface area (Å²) in [5.74, 6) is 0.543. The molecular weight excluding hydrogens is 374 g/mol. The molecule has 1 aliphatic heterocycles. The van der Waals surface area contributed by atoms with Crippen molar-refractivity contribution in [3.8, 4) is 0 Å². The Morgan fingerprint density at radius 3 is 2.93 bits per heavy atom. The number of likely N-dealkylation sites (tertiary alicyclic amines) is 1. The number of piperidine rings is 1. The number of hydrogen-bond donors (Lipinski definition) is 2. The lowest BCUT2D eigenvalue weighted by Gasteiger charge is -2.26. The van der Waals surface area contributed by atoms with Crippen molar-refractivity contribution in [1.82, 2.24) is 14.5 Å². The Kier molecular flexibility index (Phi) is 5.50. The molecule has 0 spiro atoms. The molecule has 0 atom stereocenters. The van der Waals surface area contributed by atoms with Crippen molar-refractivity contribution in [2.45, 2.75) is 32.9 Å². The zero-order chi connectivity index (χ0) is 19.5. The van der Waals surface area contributed by atoms with Gasteiger partial charge in [-0.05, 0) is 30.9 Å². The number of anilines is 1. The molecule has 1 saturated heterocycles. The number of aromatic nitrogens is 3. The van der Waals surface area contributed by atoms with Crippen LogP contribution in [0.3, 0.4) is 0 Å². The van der Waals surface area contributed by atoms with E-state index in [0.29, 0.717) is 16.0 Å². The van der Waals surface area contributed by atoms with Gasteiger partial charge >= 0.3 is 0 Å². The van der Waals surface area contributed by atoms with Crippen LogP contribution in [-0.4, -0.2) is 33.5 Å². The minimum atomic E-state index is -0.278. The van der Waals surface area contributed by atoms with Gasteiger partial charge in [0.15, 0.2) is 5.13 Å². The molecule has 0 radical (unpaired) electrons. The van der Waals surface area contributed by atoms with E-state index in [1.165, 1.54) is 48.2 Å². The van der Waals surface area contributed by atoms with E-state index < -0.39 is 0 Å². The Bertz CT molecular complexity index is 1040. The highest BCUT2D eigenvalue weighted by Crippen LogP contribution is 2.15. The Hall–Kier alpha value is -2.58. The number of carbonyl (C=O) groups is 1. The summed E-state index contributed by atoms with van der Waals surface area (Å²) in [6.07, 6.45) is 3.94. The van der Waals surface area contributed by atoms with Crippen LogP contribution in [0, 0.1) is 5.92 Å². The van der Waals surface area contributed by atoms with Crippen molar-refractivity contribution in [2.24, 2.45) is 5.92 Å². The van der Waals surface area contributed by atoms with Gasteiger partial charge in [0.25, 0.3) is 5.56 Å². The molecule has 1 amide bonds. The molecule has 2 aromatic heterocycles. The average molecular weight is 399 g/mol. The van der Waals surface area contributed by atoms with Crippen molar-refractivity contribution < 1.29 is 9.69 Å². The summed E-state index contributed by atoms with van der Waals surface area (Å²) in [7, 11) is 0. The first kappa shape index (κ1) is 18.8. The lowest BCUT2D eigenvalue weighted by atomic mass is 9.99. The molecule has 7 nitrogen and oxygen atoms in total. The van der Waals surface area contributed by atoms with Gasteiger partial charge in [0.2, 0.25) is 5.91 Å². The van der Waals surface area contributed by atoms with Gasteiger partial charge in [-0.1, -0.05) is 19.1 Å². The predicted octanol–water partition coefficient (Wildman–Crippen LogP) is 1.31. The van der Waals surface area contributed by atoms with Gasteiger partial charge in [-0.15, -0.1) is 11.3 Å². The molecule has 0 bridgehead atoms. The smallest absolute Gasteiger partial charge is 0.261 e. The molecular formula is C20H24N5O2S+. The third-order valence-corrected chi connectivity index (χ3v) is 6.06. The maximum atomic E-state index is 12.5. The van der Waals surface area contributed by atoms with E-state index in [2.05, 4.69) is 22.2 Å². The second kappa shape index (κ2) is 8.20. The Morgan fingerprint density at radius 2 is 2.11 bits per heavy atom. The minimum Gasteiger partial charge on any atom is -0.330 e. The molecule has 1 fully saturated rings. The lowest BCUT2D eigenvalue weighted by molar-refractivity contribution is -0.920. The number of rotatable bonds is 5. The number of nitrogens with zero attached hydrogens (tertiary/aromatic N) is 3. The largest absolute Gasteiger partial charge is 0.330 e. The SMILES string of the molecule is CC1CC[NH+](Cc2csc(NC(=O)Cn3cnc4ccccc4c3=O)n2)CC1. The Morgan fingerprint density at radius 1 is 1.32 bits per heavy atom. The molecule has 0 saturated carbocycles. The van der Waals surface area contributed by atoms with Crippen LogP contribution in [0.2, 0.25) is 0 Å². The van der Waals surface area contributed by atoms with Gasteiger partial charge < -0.3 is 10.2 Å². The third-order valence-electron chi connectivity index (χ3n) is 5.26. The summed E-state index contributed by atoms with van der Waals surface area (Å²) in [6.45, 7) is 5.48. The summed E-state index contributed by atoms with van der Waals surface area (Å²) in [5, 5.41) is 5.89. The highest BCUT2D eigenvalue weighted by atomic mass is 32.1. The normalized spacial score (nSPS) is 19.6. The van der Waals surface area contributed by atoms with Crippen LogP contribution in [0.5, 0.6) is 0 Å². The molecule has 2 N–H and O–H groups in total. The number of carbonyl (C=O) groups excluding carboxylic acids is 1. The van der Waals surface area contributed by atoms with Gasteiger partial charge in [0, 0.05) is 5.38 Å². The van der Waals surface area contributed by atoms with Crippen molar-refractivity contribution in [1.29, 1.82) is 0 Å². The van der Waals surface area contributed by atoms with Crippen LogP contribution in [0.25, 0.3) is 10.9 Å². The number of benzene rings is 1. The fourth-order valence-electron chi connectivity index (χ4n) is 3.58. The molecule has 0 aliphatic carbocycles. The fourth-order valence-corrected chi connectivity index (χ4v) is 4.31. The van der Waals surface area contributed by atoms with Crippen molar-refractivity contribution in [2.75, 3.05) is 18.4 Å². The van der Waals surface area contributed by atoms with E-state index >= 15 is 0 Å². The zero-order valence-corrected chi connectivity index (χ0v) is 16.7. The molecule has 146 valence electrons. The van der Waals surface area contributed by atoms with Crippen molar-refractivity contribution >= 4 is 33.3 Å².